The zero-order valence-electron chi connectivity index (χ0n) is 13.7. The first-order valence-corrected chi connectivity index (χ1v) is 9.45. The number of Topliss-reactive ketones (excluding diaryl/α,β-unsaturated/α-hetero) is 1. The van der Waals surface area contributed by atoms with Crippen LogP contribution in [0.5, 0.6) is 0 Å². The number of nitrogens with zero attached hydrogens (tertiary/aromatic N) is 2. The summed E-state index contributed by atoms with van der Waals surface area (Å²) < 4.78 is 0. The van der Waals surface area contributed by atoms with Crippen LogP contribution < -0.4 is 10.6 Å². The number of carbonyl (C=O) groups excluding carboxylic acids is 3. The molecule has 130 valence electrons. The van der Waals surface area contributed by atoms with Crippen LogP contribution in [-0.4, -0.2) is 38.9 Å². The topological polar surface area (TPSA) is 100.0 Å². The number of ketones is 1. The van der Waals surface area contributed by atoms with Crippen molar-refractivity contribution in [2.45, 2.75) is 25.5 Å². The summed E-state index contributed by atoms with van der Waals surface area (Å²) in [6.07, 6.45) is 0.0984. The molecule has 0 aliphatic carbocycles. The molecule has 0 saturated carbocycles. The number of aryl methyl sites for hydroxylation is 2. The number of amidine groups is 2. The first kappa shape index (κ1) is 17.7. The summed E-state index contributed by atoms with van der Waals surface area (Å²) in [5, 5.41) is 12.7. The highest BCUT2D eigenvalue weighted by molar-refractivity contribution is 8.15. The van der Waals surface area contributed by atoms with E-state index < -0.39 is 5.25 Å². The zero-order chi connectivity index (χ0) is 18.0. The molecular formula is C16H16N4O3S2. The molecule has 1 aromatic rings. The molecule has 2 N–H and O–H groups in total. The van der Waals surface area contributed by atoms with Gasteiger partial charge in [-0.25, -0.2) is 0 Å². The lowest BCUT2D eigenvalue weighted by Crippen LogP contribution is -2.26. The smallest absolute Gasteiger partial charge is 0.284 e. The molecular weight excluding hydrogens is 360 g/mol. The number of carbonyl (C=O) groups is 3. The van der Waals surface area contributed by atoms with Crippen LogP contribution in [0.1, 0.15) is 27.9 Å². The van der Waals surface area contributed by atoms with Crippen LogP contribution in [0, 0.1) is 13.8 Å². The quantitative estimate of drug-likeness (QED) is 0.620. The Morgan fingerprint density at radius 2 is 2.00 bits per heavy atom. The summed E-state index contributed by atoms with van der Waals surface area (Å²) in [4.78, 5) is 35.5. The molecule has 0 bridgehead atoms. The van der Waals surface area contributed by atoms with Crippen molar-refractivity contribution in [2.75, 3.05) is 5.75 Å². The summed E-state index contributed by atoms with van der Waals surface area (Å²) in [6.45, 7) is 3.94. The van der Waals surface area contributed by atoms with Crippen molar-refractivity contribution >= 4 is 51.5 Å². The average molecular weight is 376 g/mol. The second-order valence-corrected chi connectivity index (χ2v) is 7.81. The lowest BCUT2D eigenvalue weighted by Gasteiger charge is -2.06. The minimum atomic E-state index is -0.527. The monoisotopic (exact) mass is 376 g/mol. The molecule has 2 amide bonds. The van der Waals surface area contributed by atoms with Crippen molar-refractivity contribution < 1.29 is 14.4 Å². The lowest BCUT2D eigenvalue weighted by molar-refractivity contribution is -0.118. The van der Waals surface area contributed by atoms with E-state index in [2.05, 4.69) is 20.8 Å². The molecule has 0 radical (unpaired) electrons. The largest absolute Gasteiger partial charge is 0.303 e. The van der Waals surface area contributed by atoms with Crippen LogP contribution >= 0.6 is 23.5 Å². The van der Waals surface area contributed by atoms with Gasteiger partial charge in [-0.1, -0.05) is 35.7 Å². The van der Waals surface area contributed by atoms with Crippen LogP contribution in [0.4, 0.5) is 4.79 Å². The molecule has 2 aliphatic heterocycles. The number of rotatable bonds is 4. The molecule has 0 aromatic heterocycles. The summed E-state index contributed by atoms with van der Waals surface area (Å²) in [7, 11) is 0. The SMILES string of the molecule is Cc1ccc(C(=O)C[C@@H]2S/C(=N/N=C3\CSC(=O)N3)NC2=O)cc1C. The number of benzene rings is 1. The third kappa shape index (κ3) is 4.29. The normalized spacial score (nSPS) is 23.2. The maximum atomic E-state index is 12.4. The summed E-state index contributed by atoms with van der Waals surface area (Å²) >= 11 is 2.28. The Balaban J connectivity index is 1.63. The van der Waals surface area contributed by atoms with Gasteiger partial charge in [-0.3, -0.25) is 14.4 Å². The van der Waals surface area contributed by atoms with Crippen molar-refractivity contribution in [1.82, 2.24) is 10.6 Å². The Kier molecular flexibility index (Phi) is 5.24. The van der Waals surface area contributed by atoms with E-state index in [-0.39, 0.29) is 23.4 Å². The fourth-order valence-electron chi connectivity index (χ4n) is 2.27. The van der Waals surface area contributed by atoms with Gasteiger partial charge in [0.1, 0.15) is 5.84 Å². The standard InChI is InChI=1S/C16H16N4O3S2/c1-8-3-4-10(5-9(8)2)11(21)6-12-14(22)18-15(25-12)20-19-13-7-24-16(23)17-13/h3-5,12H,6-7H2,1-2H3,(H,17,19,23)(H,18,20,22)/t12-/m0/s1. The maximum absolute atomic E-state index is 12.4. The van der Waals surface area contributed by atoms with E-state index >= 15 is 0 Å². The van der Waals surface area contributed by atoms with Gasteiger partial charge < -0.3 is 10.6 Å². The van der Waals surface area contributed by atoms with Crippen molar-refractivity contribution in [3.63, 3.8) is 0 Å². The van der Waals surface area contributed by atoms with Gasteiger partial charge in [0.05, 0.1) is 11.0 Å². The van der Waals surface area contributed by atoms with Crippen LogP contribution in [0.3, 0.4) is 0 Å². The minimum absolute atomic E-state index is 0.0808. The van der Waals surface area contributed by atoms with Crippen molar-refractivity contribution in [1.29, 1.82) is 0 Å². The van der Waals surface area contributed by atoms with Crippen molar-refractivity contribution in [2.24, 2.45) is 10.2 Å². The van der Waals surface area contributed by atoms with E-state index in [4.69, 9.17) is 0 Å². The highest BCUT2D eigenvalue weighted by atomic mass is 32.2. The van der Waals surface area contributed by atoms with E-state index in [0.29, 0.717) is 22.3 Å². The molecule has 7 nitrogen and oxygen atoms in total. The van der Waals surface area contributed by atoms with E-state index in [0.717, 1.165) is 22.9 Å². The summed E-state index contributed by atoms with van der Waals surface area (Å²) in [6, 6.07) is 5.53. The van der Waals surface area contributed by atoms with E-state index in [1.54, 1.807) is 6.07 Å². The van der Waals surface area contributed by atoms with E-state index in [1.165, 1.54) is 11.8 Å². The second kappa shape index (κ2) is 7.40. The third-order valence-corrected chi connectivity index (χ3v) is 5.68. The van der Waals surface area contributed by atoms with Gasteiger partial charge in [0.25, 0.3) is 5.24 Å². The minimum Gasteiger partial charge on any atom is -0.303 e. The predicted molar refractivity (Wildman–Crippen MR) is 100 cm³/mol. The number of hydrogen-bond donors (Lipinski definition) is 2. The van der Waals surface area contributed by atoms with E-state index in [9.17, 15) is 14.4 Å². The van der Waals surface area contributed by atoms with Crippen LogP contribution in [0.15, 0.2) is 28.4 Å². The molecule has 0 spiro atoms. The second-order valence-electron chi connectivity index (χ2n) is 5.68. The van der Waals surface area contributed by atoms with Gasteiger partial charge >= 0.3 is 0 Å². The van der Waals surface area contributed by atoms with Gasteiger partial charge in [0, 0.05) is 12.0 Å². The molecule has 0 unspecified atom stereocenters. The summed E-state index contributed by atoms with van der Waals surface area (Å²) in [5.74, 6) is 0.545. The molecule has 2 heterocycles. The first-order valence-electron chi connectivity index (χ1n) is 7.58. The van der Waals surface area contributed by atoms with Crippen LogP contribution in [-0.2, 0) is 4.79 Å². The van der Waals surface area contributed by atoms with Gasteiger partial charge in [-0.15, -0.1) is 10.2 Å². The Bertz CT molecular complexity index is 820. The van der Waals surface area contributed by atoms with Gasteiger partial charge in [0.15, 0.2) is 11.0 Å². The molecule has 2 fully saturated rings. The molecule has 25 heavy (non-hydrogen) atoms. The van der Waals surface area contributed by atoms with Gasteiger partial charge in [0.2, 0.25) is 5.91 Å². The number of hydrogen-bond acceptors (Lipinski definition) is 7. The highest BCUT2D eigenvalue weighted by Crippen LogP contribution is 2.24. The van der Waals surface area contributed by atoms with Crippen molar-refractivity contribution in [3.05, 3.63) is 34.9 Å². The van der Waals surface area contributed by atoms with Crippen LogP contribution in [0.2, 0.25) is 0 Å². The number of amides is 2. The first-order chi connectivity index (χ1) is 11.9. The Labute approximate surface area is 153 Å². The number of thioether (sulfide) groups is 2. The molecule has 9 heteroatoms. The molecule has 3 rings (SSSR count). The molecule has 2 aliphatic rings. The Hall–Kier alpha value is -2.13. The lowest BCUT2D eigenvalue weighted by atomic mass is 10.0. The predicted octanol–water partition coefficient (Wildman–Crippen LogP) is 2.23. The third-order valence-electron chi connectivity index (χ3n) is 3.82. The molecule has 1 aromatic carbocycles. The van der Waals surface area contributed by atoms with Crippen LogP contribution in [0.25, 0.3) is 0 Å². The fraction of sp³-hybridized carbons (Fsp3) is 0.312. The maximum Gasteiger partial charge on any atom is 0.284 e. The zero-order valence-corrected chi connectivity index (χ0v) is 15.3. The van der Waals surface area contributed by atoms with Gasteiger partial charge in [-0.05, 0) is 31.0 Å². The number of nitrogens with one attached hydrogen (secondary N) is 2. The Morgan fingerprint density at radius 1 is 1.20 bits per heavy atom. The fourth-order valence-corrected chi connectivity index (χ4v) is 3.78. The molecule has 2 saturated heterocycles. The summed E-state index contributed by atoms with van der Waals surface area (Å²) in [5.41, 5.74) is 2.77. The van der Waals surface area contributed by atoms with E-state index in [1.807, 2.05) is 26.0 Å². The highest BCUT2D eigenvalue weighted by Gasteiger charge is 2.32. The average Bonchev–Trinajstić information content (AvgIpc) is 3.14. The van der Waals surface area contributed by atoms with Crippen molar-refractivity contribution in [3.8, 4) is 0 Å². The van der Waals surface area contributed by atoms with Gasteiger partial charge in [-0.2, -0.15) is 0 Å². The molecule has 1 atom stereocenters. The Morgan fingerprint density at radius 3 is 2.68 bits per heavy atom.